The topological polar surface area (TPSA) is 75.6 Å². The lowest BCUT2D eigenvalue weighted by molar-refractivity contribution is 0.0526. The highest BCUT2D eigenvalue weighted by atomic mass is 16.5. The molecule has 0 aromatic heterocycles. The van der Waals surface area contributed by atoms with Crippen LogP contribution < -0.4 is 5.32 Å². The number of hydrogen-bond donors (Lipinski definition) is 2. The van der Waals surface area contributed by atoms with E-state index in [9.17, 15) is 9.59 Å². The molecule has 0 bridgehead atoms. The Morgan fingerprint density at radius 1 is 1.09 bits per heavy atom. The molecule has 114 valence electrons. The molecule has 0 fully saturated rings. The fourth-order valence-corrected chi connectivity index (χ4v) is 1.96. The summed E-state index contributed by atoms with van der Waals surface area (Å²) in [6.07, 6.45) is 0. The monoisotopic (exact) mass is 299 g/mol. The Labute approximate surface area is 128 Å². The van der Waals surface area contributed by atoms with Gasteiger partial charge in [-0.1, -0.05) is 12.1 Å². The molecule has 0 unspecified atom stereocenters. The molecular formula is C17H17NO4. The highest BCUT2D eigenvalue weighted by Gasteiger charge is 2.06. The number of carbonyl (C=O) groups is 2. The molecule has 5 nitrogen and oxygen atoms in total. The van der Waals surface area contributed by atoms with Crippen LogP contribution in [0.4, 0.5) is 5.69 Å². The second-order valence-corrected chi connectivity index (χ2v) is 4.66. The quantitative estimate of drug-likeness (QED) is 0.801. The van der Waals surface area contributed by atoms with Crippen LogP contribution in [0.25, 0.3) is 0 Å². The summed E-state index contributed by atoms with van der Waals surface area (Å²) in [5.74, 6) is -1.29. The van der Waals surface area contributed by atoms with Crippen LogP contribution in [0.3, 0.4) is 0 Å². The van der Waals surface area contributed by atoms with Gasteiger partial charge in [0.05, 0.1) is 17.7 Å². The van der Waals surface area contributed by atoms with Crippen LogP contribution in [0.5, 0.6) is 0 Å². The van der Waals surface area contributed by atoms with E-state index in [4.69, 9.17) is 9.84 Å². The van der Waals surface area contributed by atoms with Gasteiger partial charge in [-0.05, 0) is 48.9 Å². The Morgan fingerprint density at radius 3 is 2.45 bits per heavy atom. The van der Waals surface area contributed by atoms with Crippen molar-refractivity contribution in [2.45, 2.75) is 13.5 Å². The van der Waals surface area contributed by atoms with Gasteiger partial charge in [0, 0.05) is 12.2 Å². The van der Waals surface area contributed by atoms with Crippen LogP contribution in [-0.2, 0) is 11.3 Å². The van der Waals surface area contributed by atoms with Crippen LogP contribution in [0.1, 0.15) is 33.2 Å². The number of esters is 1. The van der Waals surface area contributed by atoms with Gasteiger partial charge in [0.1, 0.15) is 0 Å². The summed E-state index contributed by atoms with van der Waals surface area (Å²) in [6, 6.07) is 13.7. The third-order valence-electron chi connectivity index (χ3n) is 3.07. The zero-order valence-electron chi connectivity index (χ0n) is 12.2. The largest absolute Gasteiger partial charge is 0.478 e. The fraction of sp³-hybridized carbons (Fsp3) is 0.176. The van der Waals surface area contributed by atoms with E-state index in [0.29, 0.717) is 18.7 Å². The predicted molar refractivity (Wildman–Crippen MR) is 83.1 cm³/mol. The van der Waals surface area contributed by atoms with Crippen molar-refractivity contribution >= 4 is 17.6 Å². The van der Waals surface area contributed by atoms with Gasteiger partial charge in [-0.15, -0.1) is 0 Å². The van der Waals surface area contributed by atoms with Crippen molar-refractivity contribution in [3.05, 3.63) is 65.2 Å². The molecule has 0 spiro atoms. The van der Waals surface area contributed by atoms with E-state index in [2.05, 4.69) is 5.32 Å². The Kier molecular flexibility index (Phi) is 5.14. The highest BCUT2D eigenvalue weighted by molar-refractivity contribution is 5.89. The molecule has 0 heterocycles. The van der Waals surface area contributed by atoms with Gasteiger partial charge in [-0.3, -0.25) is 0 Å². The number of carboxylic acids is 1. The summed E-state index contributed by atoms with van der Waals surface area (Å²) in [4.78, 5) is 22.5. The van der Waals surface area contributed by atoms with E-state index in [1.165, 1.54) is 0 Å². The van der Waals surface area contributed by atoms with E-state index in [-0.39, 0.29) is 11.5 Å². The molecular weight excluding hydrogens is 282 g/mol. The molecule has 0 saturated carbocycles. The number of benzene rings is 2. The van der Waals surface area contributed by atoms with Crippen LogP contribution in [0.15, 0.2) is 48.5 Å². The van der Waals surface area contributed by atoms with Crippen LogP contribution in [0.2, 0.25) is 0 Å². The van der Waals surface area contributed by atoms with Gasteiger partial charge in [-0.25, -0.2) is 9.59 Å². The standard InChI is InChI=1S/C17H17NO4/c1-2-22-17(21)13-6-8-15(9-7-13)18-11-12-4-3-5-14(10-12)16(19)20/h3-10,18H,2,11H2,1H3,(H,19,20). The third-order valence-corrected chi connectivity index (χ3v) is 3.07. The van der Waals surface area contributed by atoms with Crippen LogP contribution in [-0.4, -0.2) is 23.7 Å². The van der Waals surface area contributed by atoms with Crippen LogP contribution >= 0.6 is 0 Å². The maximum atomic E-state index is 11.5. The van der Waals surface area contributed by atoms with Gasteiger partial charge in [0.2, 0.25) is 0 Å². The van der Waals surface area contributed by atoms with Gasteiger partial charge in [-0.2, -0.15) is 0 Å². The lowest BCUT2D eigenvalue weighted by Crippen LogP contribution is -2.05. The summed E-state index contributed by atoms with van der Waals surface area (Å²) >= 11 is 0. The van der Waals surface area contributed by atoms with Gasteiger partial charge in [0.15, 0.2) is 0 Å². The number of hydrogen-bond acceptors (Lipinski definition) is 4. The molecule has 2 N–H and O–H groups in total. The lowest BCUT2D eigenvalue weighted by Gasteiger charge is -2.08. The molecule has 0 aliphatic heterocycles. The first-order valence-corrected chi connectivity index (χ1v) is 6.93. The SMILES string of the molecule is CCOC(=O)c1ccc(NCc2cccc(C(=O)O)c2)cc1. The minimum absolute atomic E-state index is 0.261. The van der Waals surface area contributed by atoms with Gasteiger partial charge in [0.25, 0.3) is 0 Å². The number of anilines is 1. The lowest BCUT2D eigenvalue weighted by atomic mass is 10.1. The molecule has 0 aliphatic rings. The van der Waals surface area contributed by atoms with E-state index in [1.54, 1.807) is 49.4 Å². The Bertz CT molecular complexity index is 665. The summed E-state index contributed by atoms with van der Waals surface area (Å²) < 4.78 is 4.92. The van der Waals surface area contributed by atoms with Gasteiger partial charge >= 0.3 is 11.9 Å². The first-order valence-electron chi connectivity index (χ1n) is 6.93. The second kappa shape index (κ2) is 7.26. The van der Waals surface area contributed by atoms with Crippen molar-refractivity contribution in [1.29, 1.82) is 0 Å². The third kappa shape index (κ3) is 4.09. The molecule has 0 atom stereocenters. The minimum Gasteiger partial charge on any atom is -0.478 e. The Hall–Kier alpha value is -2.82. The number of nitrogens with one attached hydrogen (secondary N) is 1. The van der Waals surface area contributed by atoms with E-state index < -0.39 is 5.97 Å². The molecule has 0 aliphatic carbocycles. The van der Waals surface area contributed by atoms with Gasteiger partial charge < -0.3 is 15.2 Å². The first-order chi connectivity index (χ1) is 10.6. The average Bonchev–Trinajstić information content (AvgIpc) is 2.54. The first kappa shape index (κ1) is 15.6. The van der Waals surface area contributed by atoms with E-state index in [1.807, 2.05) is 6.07 Å². The van der Waals surface area contributed by atoms with E-state index in [0.717, 1.165) is 11.3 Å². The van der Waals surface area contributed by atoms with Crippen molar-refractivity contribution in [2.24, 2.45) is 0 Å². The normalized spacial score (nSPS) is 10.0. The van der Waals surface area contributed by atoms with Crippen molar-refractivity contribution in [2.75, 3.05) is 11.9 Å². The Morgan fingerprint density at radius 2 is 1.82 bits per heavy atom. The maximum absolute atomic E-state index is 11.5. The zero-order valence-corrected chi connectivity index (χ0v) is 12.2. The smallest absolute Gasteiger partial charge is 0.338 e. The summed E-state index contributed by atoms with van der Waals surface area (Å²) in [7, 11) is 0. The summed E-state index contributed by atoms with van der Waals surface area (Å²) in [5.41, 5.74) is 2.47. The molecule has 2 aromatic rings. The van der Waals surface area contributed by atoms with Crippen molar-refractivity contribution in [3.63, 3.8) is 0 Å². The number of carboxylic acid groups (broad SMARTS) is 1. The summed E-state index contributed by atoms with van der Waals surface area (Å²) in [6.45, 7) is 2.61. The molecule has 2 aromatic carbocycles. The van der Waals surface area contributed by atoms with Crippen molar-refractivity contribution < 1.29 is 19.4 Å². The van der Waals surface area contributed by atoms with Crippen LogP contribution in [0, 0.1) is 0 Å². The molecule has 0 radical (unpaired) electrons. The molecule has 22 heavy (non-hydrogen) atoms. The van der Waals surface area contributed by atoms with Crippen molar-refractivity contribution in [1.82, 2.24) is 0 Å². The summed E-state index contributed by atoms with van der Waals surface area (Å²) in [5, 5.41) is 12.1. The average molecular weight is 299 g/mol. The highest BCUT2D eigenvalue weighted by Crippen LogP contribution is 2.13. The number of carbonyl (C=O) groups excluding carboxylic acids is 1. The number of rotatable bonds is 6. The molecule has 0 amide bonds. The molecule has 5 heteroatoms. The molecule has 2 rings (SSSR count). The minimum atomic E-state index is -0.944. The van der Waals surface area contributed by atoms with Crippen molar-refractivity contribution in [3.8, 4) is 0 Å². The second-order valence-electron chi connectivity index (χ2n) is 4.66. The number of ether oxygens (including phenoxy) is 1. The number of aromatic carboxylic acids is 1. The predicted octanol–water partition coefficient (Wildman–Crippen LogP) is 3.17. The fourth-order valence-electron chi connectivity index (χ4n) is 1.96. The zero-order chi connectivity index (χ0) is 15.9. The maximum Gasteiger partial charge on any atom is 0.338 e. The molecule has 0 saturated heterocycles. The Balaban J connectivity index is 1.98. The van der Waals surface area contributed by atoms with E-state index >= 15 is 0 Å².